The Hall–Kier alpha value is -3.17. The maximum atomic E-state index is 13.3. The molecule has 0 fully saturated rings. The van der Waals surface area contributed by atoms with Gasteiger partial charge in [0.15, 0.2) is 11.5 Å². The van der Waals surface area contributed by atoms with Crippen LogP contribution in [0.3, 0.4) is 0 Å². The number of benzene rings is 1. The van der Waals surface area contributed by atoms with Crippen LogP contribution in [-0.2, 0) is 6.18 Å². The normalized spacial score (nSPS) is 12.6. The first-order valence-electron chi connectivity index (χ1n) is 6.54. The van der Waals surface area contributed by atoms with E-state index >= 15 is 0 Å². The van der Waals surface area contributed by atoms with E-state index in [1.807, 2.05) is 0 Å². The van der Waals surface area contributed by atoms with E-state index in [1.54, 1.807) is 0 Å². The third-order valence-corrected chi connectivity index (χ3v) is 3.22. The highest BCUT2D eigenvalue weighted by Gasteiger charge is 2.34. The number of oxime groups is 1. The third-order valence-electron chi connectivity index (χ3n) is 3.22. The number of pyridine rings is 1. The molecule has 10 heteroatoms. The largest absolute Gasteiger partial charge is 0.419 e. The summed E-state index contributed by atoms with van der Waals surface area (Å²) < 4.78 is 51.6. The van der Waals surface area contributed by atoms with Crippen LogP contribution in [0.15, 0.2) is 41.9 Å². The maximum Gasteiger partial charge on any atom is 0.419 e. The molecule has 3 rings (SSSR count). The van der Waals surface area contributed by atoms with E-state index in [9.17, 15) is 22.8 Å². The lowest BCUT2D eigenvalue weighted by molar-refractivity contribution is -0.139. The molecule has 0 unspecified atom stereocenters. The van der Waals surface area contributed by atoms with Crippen LogP contribution in [0, 0.1) is 5.82 Å². The molecule has 0 aliphatic rings. The van der Waals surface area contributed by atoms with Crippen molar-refractivity contribution in [3.05, 3.63) is 53.7 Å². The van der Waals surface area contributed by atoms with Crippen molar-refractivity contribution in [1.82, 2.24) is 15.0 Å². The molecule has 2 heterocycles. The van der Waals surface area contributed by atoms with Crippen LogP contribution >= 0.6 is 0 Å². The number of H-pyrrole nitrogens is 1. The number of alkyl halides is 3. The Bertz CT molecular complexity index is 919. The molecule has 3 aromatic rings. The Labute approximate surface area is 131 Å². The maximum absolute atomic E-state index is 13.3. The topological polar surface area (TPSA) is 86.2 Å². The van der Waals surface area contributed by atoms with Crippen LogP contribution in [0.1, 0.15) is 11.1 Å². The molecule has 0 saturated heterocycles. The number of rotatable bonds is 2. The summed E-state index contributed by atoms with van der Waals surface area (Å²) in [6, 6.07) is 3.85. The number of hydrogen-bond donors (Lipinski definition) is 3. The van der Waals surface area contributed by atoms with Crippen LogP contribution in [-0.4, -0.2) is 26.0 Å². The first-order chi connectivity index (χ1) is 11.4. The summed E-state index contributed by atoms with van der Waals surface area (Å²) in [5.41, 5.74) is -0.424. The van der Waals surface area contributed by atoms with E-state index in [1.165, 1.54) is 18.6 Å². The van der Waals surface area contributed by atoms with E-state index in [0.29, 0.717) is 28.9 Å². The highest BCUT2D eigenvalue weighted by atomic mass is 19.4. The predicted molar refractivity (Wildman–Crippen MR) is 77.2 cm³/mol. The fourth-order valence-corrected chi connectivity index (χ4v) is 2.15. The Balaban J connectivity index is 1.99. The SMILES string of the molecule is O/N=C(\Nc1ccc(F)c(C(F)(F)F)c1)c1ccnc2nc[nH]c12. The number of anilines is 1. The van der Waals surface area contributed by atoms with Gasteiger partial charge in [0, 0.05) is 17.4 Å². The smallest absolute Gasteiger partial charge is 0.409 e. The standard InChI is InChI=1S/C14H9F4N5O/c15-10-2-1-7(5-9(10)14(16,17)18)22-12(23-24)8-3-4-19-13-11(8)20-6-21-13/h1-6,24H,(H,22,23)(H,19,20,21). The molecule has 0 amide bonds. The number of aromatic amines is 1. The Morgan fingerprint density at radius 1 is 1.21 bits per heavy atom. The van der Waals surface area contributed by atoms with Gasteiger partial charge in [-0.05, 0) is 24.3 Å². The van der Waals surface area contributed by atoms with E-state index < -0.39 is 17.6 Å². The van der Waals surface area contributed by atoms with Crippen molar-refractivity contribution in [3.8, 4) is 0 Å². The first kappa shape index (κ1) is 15.7. The van der Waals surface area contributed by atoms with Gasteiger partial charge in [0.05, 0.1) is 17.4 Å². The lowest BCUT2D eigenvalue weighted by Crippen LogP contribution is -2.16. The molecule has 3 N–H and O–H groups in total. The second-order valence-corrected chi connectivity index (χ2v) is 4.73. The summed E-state index contributed by atoms with van der Waals surface area (Å²) >= 11 is 0. The average molecular weight is 339 g/mol. The Kier molecular flexibility index (Phi) is 3.80. The van der Waals surface area contributed by atoms with Crippen LogP contribution in [0.2, 0.25) is 0 Å². The summed E-state index contributed by atoms with van der Waals surface area (Å²) in [4.78, 5) is 10.7. The molecule has 24 heavy (non-hydrogen) atoms. The lowest BCUT2D eigenvalue weighted by Gasteiger charge is -2.12. The van der Waals surface area contributed by atoms with E-state index in [0.717, 1.165) is 6.07 Å². The minimum absolute atomic E-state index is 0.0963. The van der Waals surface area contributed by atoms with Crippen LogP contribution < -0.4 is 5.32 Å². The number of hydrogen-bond acceptors (Lipinski definition) is 4. The van der Waals surface area contributed by atoms with Crippen molar-refractivity contribution >= 4 is 22.7 Å². The van der Waals surface area contributed by atoms with Gasteiger partial charge in [0.25, 0.3) is 0 Å². The number of halogens is 4. The monoisotopic (exact) mass is 339 g/mol. The van der Waals surface area contributed by atoms with Gasteiger partial charge >= 0.3 is 6.18 Å². The second kappa shape index (κ2) is 5.80. The summed E-state index contributed by atoms with van der Waals surface area (Å²) in [6.07, 6.45) is -2.07. The minimum Gasteiger partial charge on any atom is -0.409 e. The lowest BCUT2D eigenvalue weighted by atomic mass is 10.1. The molecule has 0 aliphatic carbocycles. The van der Waals surface area contributed by atoms with Crippen LogP contribution in [0.4, 0.5) is 23.2 Å². The summed E-state index contributed by atoms with van der Waals surface area (Å²) in [5, 5.41) is 14.8. The zero-order chi connectivity index (χ0) is 17.3. The van der Waals surface area contributed by atoms with E-state index in [-0.39, 0.29) is 11.5 Å². The molecule has 0 saturated carbocycles. The van der Waals surface area contributed by atoms with Crippen LogP contribution in [0.25, 0.3) is 11.2 Å². The van der Waals surface area contributed by atoms with E-state index in [2.05, 4.69) is 25.4 Å². The Morgan fingerprint density at radius 2 is 2.00 bits per heavy atom. The number of nitrogens with zero attached hydrogens (tertiary/aromatic N) is 3. The van der Waals surface area contributed by atoms with E-state index in [4.69, 9.17) is 0 Å². The fourth-order valence-electron chi connectivity index (χ4n) is 2.15. The average Bonchev–Trinajstić information content (AvgIpc) is 3.01. The predicted octanol–water partition coefficient (Wildman–Crippen LogP) is 3.36. The van der Waals surface area contributed by atoms with Gasteiger partial charge < -0.3 is 15.5 Å². The number of amidine groups is 1. The molecular weight excluding hydrogens is 330 g/mol. The molecule has 0 radical (unpaired) electrons. The van der Waals surface area contributed by atoms with Gasteiger partial charge in [-0.15, -0.1) is 0 Å². The molecule has 124 valence electrons. The van der Waals surface area contributed by atoms with Crippen molar-refractivity contribution in [2.24, 2.45) is 5.16 Å². The number of nitrogens with one attached hydrogen (secondary N) is 2. The quantitative estimate of drug-likeness (QED) is 0.220. The van der Waals surface area contributed by atoms with Crippen molar-refractivity contribution in [2.45, 2.75) is 6.18 Å². The zero-order valence-corrected chi connectivity index (χ0v) is 11.8. The highest BCUT2D eigenvalue weighted by Crippen LogP contribution is 2.33. The first-order valence-corrected chi connectivity index (χ1v) is 6.54. The molecule has 0 atom stereocenters. The summed E-state index contributed by atoms with van der Waals surface area (Å²) in [7, 11) is 0. The molecular formula is C14H9F4N5O. The van der Waals surface area contributed by atoms with Gasteiger partial charge in [-0.2, -0.15) is 13.2 Å². The van der Waals surface area contributed by atoms with Crippen molar-refractivity contribution < 1.29 is 22.8 Å². The second-order valence-electron chi connectivity index (χ2n) is 4.73. The van der Waals surface area contributed by atoms with Gasteiger partial charge in [-0.25, -0.2) is 14.4 Å². The van der Waals surface area contributed by atoms with Crippen LogP contribution in [0.5, 0.6) is 0 Å². The summed E-state index contributed by atoms with van der Waals surface area (Å²) in [6.45, 7) is 0. The van der Waals surface area contributed by atoms with Crippen molar-refractivity contribution in [2.75, 3.05) is 5.32 Å². The van der Waals surface area contributed by atoms with Gasteiger partial charge in [-0.3, -0.25) is 0 Å². The summed E-state index contributed by atoms with van der Waals surface area (Å²) in [5.74, 6) is -1.54. The van der Waals surface area contributed by atoms with Crippen molar-refractivity contribution in [3.63, 3.8) is 0 Å². The highest BCUT2D eigenvalue weighted by molar-refractivity contribution is 6.13. The number of imidazole rings is 1. The van der Waals surface area contributed by atoms with Gasteiger partial charge in [0.1, 0.15) is 5.82 Å². The number of fused-ring (bicyclic) bond motifs is 1. The Morgan fingerprint density at radius 3 is 2.71 bits per heavy atom. The molecule has 2 aromatic heterocycles. The van der Waals surface area contributed by atoms with Gasteiger partial charge in [0.2, 0.25) is 0 Å². The third kappa shape index (κ3) is 2.85. The molecule has 6 nitrogen and oxygen atoms in total. The van der Waals surface area contributed by atoms with Gasteiger partial charge in [-0.1, -0.05) is 5.16 Å². The molecule has 0 bridgehead atoms. The fraction of sp³-hybridized carbons (Fsp3) is 0.0714. The molecule has 1 aromatic carbocycles. The molecule has 0 spiro atoms. The number of aromatic nitrogens is 3. The van der Waals surface area contributed by atoms with Crippen molar-refractivity contribution in [1.29, 1.82) is 0 Å². The minimum atomic E-state index is -4.84. The molecule has 0 aliphatic heterocycles. The zero-order valence-electron chi connectivity index (χ0n) is 11.8.